The third kappa shape index (κ3) is 3.67. The van der Waals surface area contributed by atoms with Gasteiger partial charge in [-0.15, -0.1) is 0 Å². The highest BCUT2D eigenvalue weighted by atomic mass is 79.9. The molecular formula is C16H24BrNO2. The van der Waals surface area contributed by atoms with E-state index in [-0.39, 0.29) is 0 Å². The predicted molar refractivity (Wildman–Crippen MR) is 85.5 cm³/mol. The number of rotatable bonds is 6. The van der Waals surface area contributed by atoms with Gasteiger partial charge in [0.2, 0.25) is 0 Å². The molecule has 1 saturated carbocycles. The van der Waals surface area contributed by atoms with Crippen molar-refractivity contribution in [2.24, 2.45) is 5.92 Å². The van der Waals surface area contributed by atoms with Crippen LogP contribution in [0.3, 0.4) is 0 Å². The molecule has 0 heterocycles. The summed E-state index contributed by atoms with van der Waals surface area (Å²) in [5, 5.41) is 3.66. The number of halogens is 1. The summed E-state index contributed by atoms with van der Waals surface area (Å²) in [6.07, 6.45) is 3.97. The lowest BCUT2D eigenvalue weighted by molar-refractivity contribution is 0.308. The maximum atomic E-state index is 5.62. The van der Waals surface area contributed by atoms with Crippen molar-refractivity contribution in [1.29, 1.82) is 0 Å². The standard InChI is InChI=1S/C16H24BrNO2/c1-4-20-16-13(17)8-12(9-15(16)19-3)10-18-14-7-5-6-11(14)2/h8-9,11,14,18H,4-7,10H2,1-3H3. The van der Waals surface area contributed by atoms with Crippen molar-refractivity contribution in [2.45, 2.75) is 45.7 Å². The molecular weight excluding hydrogens is 318 g/mol. The average molecular weight is 342 g/mol. The quantitative estimate of drug-likeness (QED) is 0.843. The number of ether oxygens (including phenoxy) is 2. The number of hydrogen-bond acceptors (Lipinski definition) is 3. The van der Waals surface area contributed by atoms with Crippen LogP contribution in [0.4, 0.5) is 0 Å². The van der Waals surface area contributed by atoms with Crippen molar-refractivity contribution in [3.05, 3.63) is 22.2 Å². The largest absolute Gasteiger partial charge is 0.493 e. The Kier molecular flexibility index (Phi) is 5.73. The van der Waals surface area contributed by atoms with Gasteiger partial charge < -0.3 is 14.8 Å². The van der Waals surface area contributed by atoms with Gasteiger partial charge in [-0.25, -0.2) is 0 Å². The Labute approximate surface area is 130 Å². The molecule has 112 valence electrons. The summed E-state index contributed by atoms with van der Waals surface area (Å²) < 4.78 is 12.0. The monoisotopic (exact) mass is 341 g/mol. The Bertz CT molecular complexity index is 450. The molecule has 1 aromatic carbocycles. The zero-order valence-electron chi connectivity index (χ0n) is 12.5. The first-order valence-corrected chi connectivity index (χ1v) is 8.17. The maximum absolute atomic E-state index is 5.62. The number of hydrogen-bond donors (Lipinski definition) is 1. The third-order valence-electron chi connectivity index (χ3n) is 4.01. The highest BCUT2D eigenvalue weighted by Crippen LogP contribution is 2.36. The van der Waals surface area contributed by atoms with E-state index in [9.17, 15) is 0 Å². The summed E-state index contributed by atoms with van der Waals surface area (Å²) in [6, 6.07) is 4.81. The van der Waals surface area contributed by atoms with Crippen LogP contribution in [0, 0.1) is 5.92 Å². The van der Waals surface area contributed by atoms with Gasteiger partial charge in [0.15, 0.2) is 11.5 Å². The molecule has 1 N–H and O–H groups in total. The van der Waals surface area contributed by atoms with Crippen LogP contribution in [-0.2, 0) is 6.54 Å². The fourth-order valence-corrected chi connectivity index (χ4v) is 3.46. The molecule has 0 aliphatic heterocycles. The zero-order valence-corrected chi connectivity index (χ0v) is 14.1. The molecule has 20 heavy (non-hydrogen) atoms. The van der Waals surface area contributed by atoms with E-state index >= 15 is 0 Å². The van der Waals surface area contributed by atoms with Crippen LogP contribution in [0.5, 0.6) is 11.5 Å². The second-order valence-corrected chi connectivity index (χ2v) is 6.29. The molecule has 1 fully saturated rings. The highest BCUT2D eigenvalue weighted by molar-refractivity contribution is 9.10. The van der Waals surface area contributed by atoms with Gasteiger partial charge >= 0.3 is 0 Å². The fraction of sp³-hybridized carbons (Fsp3) is 0.625. The van der Waals surface area contributed by atoms with E-state index in [0.717, 1.165) is 28.4 Å². The van der Waals surface area contributed by atoms with Crippen LogP contribution < -0.4 is 14.8 Å². The Morgan fingerprint density at radius 2 is 2.15 bits per heavy atom. The highest BCUT2D eigenvalue weighted by Gasteiger charge is 2.22. The molecule has 2 rings (SSSR count). The molecule has 0 aromatic heterocycles. The summed E-state index contributed by atoms with van der Waals surface area (Å²) in [5.41, 5.74) is 1.22. The predicted octanol–water partition coefficient (Wildman–Crippen LogP) is 4.13. The first-order chi connectivity index (χ1) is 9.65. The van der Waals surface area contributed by atoms with E-state index in [1.54, 1.807) is 7.11 Å². The molecule has 0 spiro atoms. The Hall–Kier alpha value is -0.740. The average Bonchev–Trinajstić information content (AvgIpc) is 2.84. The van der Waals surface area contributed by atoms with Crippen LogP contribution in [0.15, 0.2) is 16.6 Å². The summed E-state index contributed by atoms with van der Waals surface area (Å²) in [7, 11) is 1.68. The van der Waals surface area contributed by atoms with Gasteiger partial charge in [-0.2, -0.15) is 0 Å². The van der Waals surface area contributed by atoms with Crippen LogP contribution in [-0.4, -0.2) is 19.8 Å². The van der Waals surface area contributed by atoms with Crippen molar-refractivity contribution < 1.29 is 9.47 Å². The molecule has 0 saturated heterocycles. The fourth-order valence-electron chi connectivity index (χ4n) is 2.86. The van der Waals surface area contributed by atoms with E-state index in [2.05, 4.69) is 40.3 Å². The third-order valence-corrected chi connectivity index (χ3v) is 4.60. The number of nitrogens with one attached hydrogen (secondary N) is 1. The van der Waals surface area contributed by atoms with Crippen LogP contribution in [0.1, 0.15) is 38.7 Å². The van der Waals surface area contributed by atoms with Crippen LogP contribution in [0.25, 0.3) is 0 Å². The van der Waals surface area contributed by atoms with Gasteiger partial charge in [0.25, 0.3) is 0 Å². The van der Waals surface area contributed by atoms with Gasteiger partial charge in [0, 0.05) is 12.6 Å². The molecule has 1 aliphatic carbocycles. The molecule has 2 atom stereocenters. The normalized spacial score (nSPS) is 22.0. The van der Waals surface area contributed by atoms with Gasteiger partial charge in [0.05, 0.1) is 18.2 Å². The van der Waals surface area contributed by atoms with Crippen molar-refractivity contribution in [3.63, 3.8) is 0 Å². The maximum Gasteiger partial charge on any atom is 0.175 e. The minimum absolute atomic E-state index is 0.631. The van der Waals surface area contributed by atoms with E-state index in [0.29, 0.717) is 12.6 Å². The Morgan fingerprint density at radius 3 is 2.75 bits per heavy atom. The SMILES string of the molecule is CCOc1c(Br)cc(CNC2CCCC2C)cc1OC. The summed E-state index contributed by atoms with van der Waals surface area (Å²) in [6.45, 7) is 5.81. The van der Waals surface area contributed by atoms with Crippen LogP contribution >= 0.6 is 15.9 Å². The van der Waals surface area contributed by atoms with Crippen molar-refractivity contribution in [3.8, 4) is 11.5 Å². The second-order valence-electron chi connectivity index (χ2n) is 5.44. The Morgan fingerprint density at radius 1 is 1.35 bits per heavy atom. The number of methoxy groups -OCH3 is 1. The summed E-state index contributed by atoms with van der Waals surface area (Å²) in [5.74, 6) is 2.36. The van der Waals surface area contributed by atoms with Crippen molar-refractivity contribution in [2.75, 3.05) is 13.7 Å². The van der Waals surface area contributed by atoms with E-state index < -0.39 is 0 Å². The lowest BCUT2D eigenvalue weighted by Crippen LogP contribution is -2.30. The van der Waals surface area contributed by atoms with Crippen LogP contribution in [0.2, 0.25) is 0 Å². The van der Waals surface area contributed by atoms with E-state index in [1.165, 1.54) is 24.8 Å². The molecule has 0 radical (unpaired) electrons. The lowest BCUT2D eigenvalue weighted by Gasteiger charge is -2.18. The molecule has 2 unspecified atom stereocenters. The van der Waals surface area contributed by atoms with Gasteiger partial charge in [-0.1, -0.05) is 13.3 Å². The summed E-state index contributed by atoms with van der Waals surface area (Å²) in [4.78, 5) is 0. The second kappa shape index (κ2) is 7.32. The van der Waals surface area contributed by atoms with Gasteiger partial charge in [0.1, 0.15) is 0 Å². The minimum atomic E-state index is 0.631. The smallest absolute Gasteiger partial charge is 0.175 e. The van der Waals surface area contributed by atoms with Crippen molar-refractivity contribution in [1.82, 2.24) is 5.32 Å². The number of benzene rings is 1. The molecule has 1 aromatic rings. The molecule has 3 nitrogen and oxygen atoms in total. The zero-order chi connectivity index (χ0) is 14.5. The first kappa shape index (κ1) is 15.6. The Balaban J connectivity index is 2.06. The minimum Gasteiger partial charge on any atom is -0.493 e. The first-order valence-electron chi connectivity index (χ1n) is 7.38. The lowest BCUT2D eigenvalue weighted by atomic mass is 10.1. The van der Waals surface area contributed by atoms with Gasteiger partial charge in [-0.05, 0) is 59.3 Å². The molecule has 0 bridgehead atoms. The van der Waals surface area contributed by atoms with Crippen molar-refractivity contribution >= 4 is 15.9 Å². The van der Waals surface area contributed by atoms with E-state index in [4.69, 9.17) is 9.47 Å². The van der Waals surface area contributed by atoms with E-state index in [1.807, 2.05) is 6.92 Å². The summed E-state index contributed by atoms with van der Waals surface area (Å²) >= 11 is 3.57. The van der Waals surface area contributed by atoms with Gasteiger partial charge in [-0.3, -0.25) is 0 Å². The molecule has 0 amide bonds. The molecule has 4 heteroatoms. The molecule has 1 aliphatic rings. The topological polar surface area (TPSA) is 30.5 Å².